The minimum Gasteiger partial charge on any atom is -0.379 e. The summed E-state index contributed by atoms with van der Waals surface area (Å²) in [4.78, 5) is 13.3. The Morgan fingerprint density at radius 2 is 1.96 bits per heavy atom. The Morgan fingerprint density at radius 1 is 1.26 bits per heavy atom. The zero-order chi connectivity index (χ0) is 16.6. The normalized spacial score (nSPS) is 16.8. The second-order valence-corrected chi connectivity index (χ2v) is 8.67. The standard InChI is InChI=1S/C14H20N4O3S2/c1-9-10(2)22-14-12(9)13(17-23(3,19)20)15-11(16-14)8-18-4-6-21-7-5-18/h4-8H2,1-3H3,(H,15,16,17). The van der Waals surface area contributed by atoms with Crippen molar-refractivity contribution < 1.29 is 13.2 Å². The maximum absolute atomic E-state index is 11.7. The first-order valence-corrected chi connectivity index (χ1v) is 10.1. The van der Waals surface area contributed by atoms with E-state index in [9.17, 15) is 8.42 Å². The maximum atomic E-state index is 11.7. The van der Waals surface area contributed by atoms with Gasteiger partial charge in [-0.25, -0.2) is 18.4 Å². The minimum absolute atomic E-state index is 0.377. The lowest BCUT2D eigenvalue weighted by Crippen LogP contribution is -2.36. The number of sulfonamides is 1. The average Bonchev–Trinajstić information content (AvgIpc) is 2.73. The van der Waals surface area contributed by atoms with Crippen LogP contribution in [0, 0.1) is 13.8 Å². The summed E-state index contributed by atoms with van der Waals surface area (Å²) in [6.07, 6.45) is 1.14. The summed E-state index contributed by atoms with van der Waals surface area (Å²) < 4.78 is 31.2. The van der Waals surface area contributed by atoms with Gasteiger partial charge in [-0.2, -0.15) is 0 Å². The summed E-state index contributed by atoms with van der Waals surface area (Å²) in [5.41, 5.74) is 1.02. The molecule has 0 radical (unpaired) electrons. The number of hydrogen-bond donors (Lipinski definition) is 1. The highest BCUT2D eigenvalue weighted by Gasteiger charge is 2.19. The summed E-state index contributed by atoms with van der Waals surface area (Å²) in [6.45, 7) is 7.63. The first kappa shape index (κ1) is 16.6. The molecule has 23 heavy (non-hydrogen) atoms. The van der Waals surface area contributed by atoms with E-state index in [4.69, 9.17) is 4.74 Å². The topological polar surface area (TPSA) is 84.4 Å². The molecule has 1 N–H and O–H groups in total. The van der Waals surface area contributed by atoms with Gasteiger partial charge in [0.05, 0.1) is 31.4 Å². The van der Waals surface area contributed by atoms with Crippen molar-refractivity contribution in [2.45, 2.75) is 20.4 Å². The molecule has 0 amide bonds. The third-order valence-corrected chi connectivity index (χ3v) is 5.49. The fraction of sp³-hybridized carbons (Fsp3) is 0.571. The van der Waals surface area contributed by atoms with Crippen LogP contribution in [0.2, 0.25) is 0 Å². The highest BCUT2D eigenvalue weighted by atomic mass is 32.2. The van der Waals surface area contributed by atoms with Crippen LogP contribution < -0.4 is 4.72 Å². The Balaban J connectivity index is 2.02. The summed E-state index contributed by atoms with van der Waals surface area (Å²) in [5.74, 6) is 1.01. The van der Waals surface area contributed by atoms with Gasteiger partial charge in [-0.3, -0.25) is 9.62 Å². The van der Waals surface area contributed by atoms with E-state index in [1.165, 1.54) is 0 Å². The molecule has 1 fully saturated rings. The zero-order valence-corrected chi connectivity index (χ0v) is 15.1. The molecule has 3 heterocycles. The molecule has 7 nitrogen and oxygen atoms in total. The number of aryl methyl sites for hydroxylation is 2. The van der Waals surface area contributed by atoms with Gasteiger partial charge in [0.15, 0.2) is 5.82 Å². The third-order valence-electron chi connectivity index (χ3n) is 3.83. The van der Waals surface area contributed by atoms with E-state index in [2.05, 4.69) is 19.6 Å². The molecule has 2 aromatic rings. The molecule has 0 aliphatic carbocycles. The first-order chi connectivity index (χ1) is 10.8. The Bertz CT molecular complexity index is 826. The van der Waals surface area contributed by atoms with Gasteiger partial charge in [-0.1, -0.05) is 0 Å². The molecular weight excluding hydrogens is 336 g/mol. The van der Waals surface area contributed by atoms with Crippen molar-refractivity contribution in [2.75, 3.05) is 37.3 Å². The van der Waals surface area contributed by atoms with E-state index < -0.39 is 10.0 Å². The van der Waals surface area contributed by atoms with Gasteiger partial charge in [-0.05, 0) is 19.4 Å². The summed E-state index contributed by atoms with van der Waals surface area (Å²) in [6, 6.07) is 0. The van der Waals surface area contributed by atoms with Crippen molar-refractivity contribution >= 4 is 37.4 Å². The van der Waals surface area contributed by atoms with Crippen molar-refractivity contribution in [2.24, 2.45) is 0 Å². The van der Waals surface area contributed by atoms with E-state index in [-0.39, 0.29) is 0 Å². The van der Waals surface area contributed by atoms with Crippen molar-refractivity contribution in [1.82, 2.24) is 14.9 Å². The van der Waals surface area contributed by atoms with Crippen LogP contribution in [0.15, 0.2) is 0 Å². The van der Waals surface area contributed by atoms with E-state index in [1.54, 1.807) is 11.3 Å². The Kier molecular flexibility index (Phi) is 4.54. The van der Waals surface area contributed by atoms with E-state index in [1.807, 2.05) is 13.8 Å². The number of rotatable bonds is 4. The van der Waals surface area contributed by atoms with Crippen LogP contribution in [-0.2, 0) is 21.3 Å². The van der Waals surface area contributed by atoms with Gasteiger partial charge in [-0.15, -0.1) is 11.3 Å². The van der Waals surface area contributed by atoms with Crippen molar-refractivity contribution in [1.29, 1.82) is 0 Å². The Morgan fingerprint density at radius 3 is 2.61 bits per heavy atom. The van der Waals surface area contributed by atoms with Crippen molar-refractivity contribution in [3.8, 4) is 0 Å². The predicted octanol–water partition coefficient (Wildman–Crippen LogP) is 1.51. The van der Waals surface area contributed by atoms with Crippen molar-refractivity contribution in [3.05, 3.63) is 16.3 Å². The molecule has 0 bridgehead atoms. The van der Waals surface area contributed by atoms with Crippen LogP contribution in [0.3, 0.4) is 0 Å². The second kappa shape index (κ2) is 6.31. The van der Waals surface area contributed by atoms with Gasteiger partial charge in [0.1, 0.15) is 10.7 Å². The molecule has 9 heteroatoms. The fourth-order valence-electron chi connectivity index (χ4n) is 2.57. The number of anilines is 1. The van der Waals surface area contributed by atoms with Gasteiger partial charge in [0.2, 0.25) is 10.0 Å². The zero-order valence-electron chi connectivity index (χ0n) is 13.4. The van der Waals surface area contributed by atoms with Gasteiger partial charge < -0.3 is 4.74 Å². The number of nitrogens with one attached hydrogen (secondary N) is 1. The van der Waals surface area contributed by atoms with E-state index in [0.29, 0.717) is 31.4 Å². The number of ether oxygens (including phenoxy) is 1. The van der Waals surface area contributed by atoms with Crippen molar-refractivity contribution in [3.63, 3.8) is 0 Å². The van der Waals surface area contributed by atoms with Crippen LogP contribution in [0.5, 0.6) is 0 Å². The van der Waals surface area contributed by atoms with Gasteiger partial charge >= 0.3 is 0 Å². The molecule has 0 unspecified atom stereocenters. The molecule has 3 rings (SSSR count). The van der Waals surface area contributed by atoms with E-state index >= 15 is 0 Å². The summed E-state index contributed by atoms with van der Waals surface area (Å²) >= 11 is 1.57. The molecular formula is C14H20N4O3S2. The maximum Gasteiger partial charge on any atom is 0.230 e. The molecule has 126 valence electrons. The van der Waals surface area contributed by atoms with Crippen LogP contribution in [0.25, 0.3) is 10.2 Å². The Hall–Kier alpha value is -1.29. The predicted molar refractivity (Wildman–Crippen MR) is 91.5 cm³/mol. The lowest BCUT2D eigenvalue weighted by atomic mass is 10.2. The highest BCUT2D eigenvalue weighted by molar-refractivity contribution is 7.92. The van der Waals surface area contributed by atoms with Crippen LogP contribution in [0.4, 0.5) is 5.82 Å². The number of hydrogen-bond acceptors (Lipinski definition) is 7. The molecule has 1 saturated heterocycles. The molecule has 0 saturated carbocycles. The molecule has 1 aliphatic rings. The largest absolute Gasteiger partial charge is 0.379 e. The SMILES string of the molecule is Cc1sc2nc(CN3CCOCC3)nc(NS(C)(=O)=O)c2c1C. The lowest BCUT2D eigenvalue weighted by Gasteiger charge is -2.25. The van der Waals surface area contributed by atoms with Gasteiger partial charge in [0.25, 0.3) is 0 Å². The molecule has 1 aliphatic heterocycles. The monoisotopic (exact) mass is 356 g/mol. The summed E-state index contributed by atoms with van der Waals surface area (Å²) in [5, 5.41) is 0.795. The average molecular weight is 356 g/mol. The fourth-order valence-corrected chi connectivity index (χ4v) is 4.12. The van der Waals surface area contributed by atoms with E-state index in [0.717, 1.165) is 40.0 Å². The quantitative estimate of drug-likeness (QED) is 0.894. The highest BCUT2D eigenvalue weighted by Crippen LogP contribution is 2.33. The van der Waals surface area contributed by atoms with Gasteiger partial charge in [0, 0.05) is 18.0 Å². The molecule has 0 aromatic carbocycles. The van der Waals surface area contributed by atoms with Crippen LogP contribution in [-0.4, -0.2) is 55.8 Å². The number of thiophene rings is 1. The lowest BCUT2D eigenvalue weighted by molar-refractivity contribution is 0.0331. The Labute approximate surface area is 139 Å². The summed E-state index contributed by atoms with van der Waals surface area (Å²) in [7, 11) is -3.40. The number of morpholine rings is 1. The first-order valence-electron chi connectivity index (χ1n) is 7.38. The molecule has 2 aromatic heterocycles. The third kappa shape index (κ3) is 3.79. The molecule has 0 atom stereocenters. The number of nitrogens with zero attached hydrogens (tertiary/aromatic N) is 3. The van der Waals surface area contributed by atoms with Crippen LogP contribution in [0.1, 0.15) is 16.3 Å². The number of fused-ring (bicyclic) bond motifs is 1. The smallest absolute Gasteiger partial charge is 0.230 e. The van der Waals surface area contributed by atoms with Crippen LogP contribution >= 0.6 is 11.3 Å². The number of aromatic nitrogens is 2. The second-order valence-electron chi connectivity index (χ2n) is 5.71. The minimum atomic E-state index is -3.40. The molecule has 0 spiro atoms.